The average Bonchev–Trinajstić information content (AvgIpc) is 2.99. The topological polar surface area (TPSA) is 47.9 Å². The Balaban J connectivity index is 1.72. The quantitative estimate of drug-likeness (QED) is 0.604. The van der Waals surface area contributed by atoms with E-state index in [4.69, 9.17) is 0 Å². The maximum atomic E-state index is 12.1. The highest BCUT2D eigenvalue weighted by atomic mass is 32.2. The molecule has 2 saturated heterocycles. The van der Waals surface area contributed by atoms with E-state index in [1.807, 2.05) is 27.8 Å². The Morgan fingerprint density at radius 2 is 1.92 bits per heavy atom. The minimum Gasteiger partial charge on any atom is -0.355 e. The van der Waals surface area contributed by atoms with Crippen LogP contribution in [0.2, 0.25) is 0 Å². The van der Waals surface area contributed by atoms with Gasteiger partial charge in [-0.25, -0.2) is 0 Å². The van der Waals surface area contributed by atoms with Gasteiger partial charge in [-0.05, 0) is 59.0 Å². The third-order valence-electron chi connectivity index (χ3n) is 5.02. The van der Waals surface area contributed by atoms with Crippen molar-refractivity contribution >= 4 is 16.8 Å². The Kier molecular flexibility index (Phi) is 7.54. The Morgan fingerprint density at radius 3 is 2.54 bits per heavy atom. The molecule has 6 heteroatoms. The first-order chi connectivity index (χ1) is 11.4. The van der Waals surface area contributed by atoms with Crippen molar-refractivity contribution in [3.8, 4) is 0 Å². The first kappa shape index (κ1) is 19.7. The summed E-state index contributed by atoms with van der Waals surface area (Å²) in [6.45, 7) is 12.8. The standard InChI is InChI=1S/C18H36N4OS/c1-18(2,3)24(23)13-9-20-17(19-4)22-12-8-16(15-22)14-21-10-6-5-7-11-21/h16H,5-15H2,1-4H3,(H,19,20). The van der Waals surface area contributed by atoms with Crippen LogP contribution in [0.15, 0.2) is 4.99 Å². The summed E-state index contributed by atoms with van der Waals surface area (Å²) < 4.78 is 12.0. The molecular weight excluding hydrogens is 320 g/mol. The summed E-state index contributed by atoms with van der Waals surface area (Å²) in [5, 5.41) is 3.41. The number of likely N-dealkylation sites (tertiary alicyclic amines) is 2. The second kappa shape index (κ2) is 9.18. The predicted octanol–water partition coefficient (Wildman–Crippen LogP) is 1.92. The lowest BCUT2D eigenvalue weighted by atomic mass is 10.1. The number of hydrogen-bond acceptors (Lipinski definition) is 3. The van der Waals surface area contributed by atoms with Crippen molar-refractivity contribution in [2.75, 3.05) is 52.1 Å². The SMILES string of the molecule is CN=C(NCCS(=O)C(C)(C)C)N1CCC(CN2CCCCC2)C1. The maximum Gasteiger partial charge on any atom is 0.193 e. The van der Waals surface area contributed by atoms with Crippen LogP contribution in [-0.4, -0.2) is 76.8 Å². The highest BCUT2D eigenvalue weighted by molar-refractivity contribution is 7.86. The Morgan fingerprint density at radius 1 is 1.21 bits per heavy atom. The first-order valence-corrected chi connectivity index (χ1v) is 10.8. The van der Waals surface area contributed by atoms with E-state index >= 15 is 0 Å². The summed E-state index contributed by atoms with van der Waals surface area (Å²) >= 11 is 0. The fraction of sp³-hybridized carbons (Fsp3) is 0.944. The molecule has 2 unspecified atom stereocenters. The van der Waals surface area contributed by atoms with Crippen LogP contribution in [0.4, 0.5) is 0 Å². The average molecular weight is 357 g/mol. The lowest BCUT2D eigenvalue weighted by Gasteiger charge is -2.29. The third-order valence-corrected chi connectivity index (χ3v) is 6.96. The van der Waals surface area contributed by atoms with Crippen molar-refractivity contribution < 1.29 is 4.21 Å². The van der Waals surface area contributed by atoms with Crippen LogP contribution < -0.4 is 5.32 Å². The van der Waals surface area contributed by atoms with Crippen LogP contribution in [0.5, 0.6) is 0 Å². The normalized spacial score (nSPS) is 25.1. The van der Waals surface area contributed by atoms with Crippen LogP contribution in [0, 0.1) is 5.92 Å². The zero-order chi connectivity index (χ0) is 17.6. The minimum atomic E-state index is -0.812. The molecule has 0 spiro atoms. The van der Waals surface area contributed by atoms with Gasteiger partial charge >= 0.3 is 0 Å². The molecule has 0 aromatic rings. The van der Waals surface area contributed by atoms with E-state index in [9.17, 15) is 4.21 Å². The van der Waals surface area contributed by atoms with Gasteiger partial charge in [0.05, 0.1) is 0 Å². The molecule has 2 aliphatic rings. The van der Waals surface area contributed by atoms with Crippen molar-refractivity contribution in [3.63, 3.8) is 0 Å². The van der Waals surface area contributed by atoms with Gasteiger partial charge in [-0.2, -0.15) is 0 Å². The lowest BCUT2D eigenvalue weighted by Crippen LogP contribution is -2.43. The fourth-order valence-electron chi connectivity index (χ4n) is 3.58. The summed E-state index contributed by atoms with van der Waals surface area (Å²) in [6, 6.07) is 0. The molecule has 2 rings (SSSR count). The van der Waals surface area contributed by atoms with E-state index in [1.54, 1.807) is 0 Å². The Bertz CT molecular complexity index is 441. The predicted molar refractivity (Wildman–Crippen MR) is 104 cm³/mol. The summed E-state index contributed by atoms with van der Waals surface area (Å²) in [4.78, 5) is 9.44. The number of nitrogens with one attached hydrogen (secondary N) is 1. The molecule has 2 atom stereocenters. The zero-order valence-corrected chi connectivity index (χ0v) is 16.8. The summed E-state index contributed by atoms with van der Waals surface area (Å²) in [5.74, 6) is 2.40. The van der Waals surface area contributed by atoms with Gasteiger partial charge in [-0.15, -0.1) is 0 Å². The third kappa shape index (κ3) is 6.03. The van der Waals surface area contributed by atoms with E-state index < -0.39 is 10.8 Å². The van der Waals surface area contributed by atoms with Crippen molar-refractivity contribution in [3.05, 3.63) is 0 Å². The molecule has 24 heavy (non-hydrogen) atoms. The number of guanidine groups is 1. The van der Waals surface area contributed by atoms with Crippen molar-refractivity contribution in [1.29, 1.82) is 0 Å². The monoisotopic (exact) mass is 356 g/mol. The molecule has 2 aliphatic heterocycles. The summed E-state index contributed by atoms with van der Waals surface area (Å²) in [7, 11) is 1.04. The second-order valence-electron chi connectivity index (χ2n) is 8.10. The fourth-order valence-corrected chi connectivity index (χ4v) is 4.48. The summed E-state index contributed by atoms with van der Waals surface area (Å²) in [5.41, 5.74) is 0. The van der Waals surface area contributed by atoms with Crippen LogP contribution in [0.25, 0.3) is 0 Å². The molecule has 0 radical (unpaired) electrons. The van der Waals surface area contributed by atoms with Gasteiger partial charge in [-0.1, -0.05) is 6.42 Å². The minimum absolute atomic E-state index is 0.140. The van der Waals surface area contributed by atoms with Gasteiger partial charge in [0.2, 0.25) is 0 Å². The van der Waals surface area contributed by atoms with E-state index in [-0.39, 0.29) is 4.75 Å². The Labute approximate surface area is 150 Å². The molecular formula is C18H36N4OS. The van der Waals surface area contributed by atoms with Gasteiger partial charge in [0.1, 0.15) is 0 Å². The summed E-state index contributed by atoms with van der Waals surface area (Å²) in [6.07, 6.45) is 5.39. The number of nitrogens with zero attached hydrogens (tertiary/aromatic N) is 3. The molecule has 5 nitrogen and oxygen atoms in total. The van der Waals surface area contributed by atoms with Crippen molar-refractivity contribution in [2.45, 2.75) is 51.2 Å². The van der Waals surface area contributed by atoms with Crippen molar-refractivity contribution in [2.24, 2.45) is 10.9 Å². The molecule has 0 aliphatic carbocycles. The van der Waals surface area contributed by atoms with E-state index in [1.165, 1.54) is 45.3 Å². The zero-order valence-electron chi connectivity index (χ0n) is 16.0. The largest absolute Gasteiger partial charge is 0.355 e. The first-order valence-electron chi connectivity index (χ1n) is 9.46. The van der Waals surface area contributed by atoms with Gasteiger partial charge < -0.3 is 15.1 Å². The van der Waals surface area contributed by atoms with E-state index in [0.717, 1.165) is 31.5 Å². The molecule has 0 bridgehead atoms. The van der Waals surface area contributed by atoms with Crippen LogP contribution in [-0.2, 0) is 10.8 Å². The molecule has 140 valence electrons. The number of aliphatic imine (C=N–C) groups is 1. The van der Waals surface area contributed by atoms with E-state index in [0.29, 0.717) is 5.75 Å². The molecule has 1 N–H and O–H groups in total. The second-order valence-corrected chi connectivity index (χ2v) is 10.4. The molecule has 0 aromatic carbocycles. The number of rotatable bonds is 5. The molecule has 0 aromatic heterocycles. The van der Waals surface area contributed by atoms with Gasteiger partial charge in [0, 0.05) is 54.5 Å². The molecule has 0 saturated carbocycles. The maximum absolute atomic E-state index is 12.1. The number of piperidine rings is 1. The highest BCUT2D eigenvalue weighted by Crippen LogP contribution is 2.20. The highest BCUT2D eigenvalue weighted by Gasteiger charge is 2.27. The van der Waals surface area contributed by atoms with Gasteiger partial charge in [-0.3, -0.25) is 9.20 Å². The Hall–Kier alpha value is -0.620. The van der Waals surface area contributed by atoms with E-state index in [2.05, 4.69) is 20.1 Å². The van der Waals surface area contributed by atoms with Crippen LogP contribution >= 0.6 is 0 Å². The molecule has 0 amide bonds. The lowest BCUT2D eigenvalue weighted by molar-refractivity contribution is 0.198. The van der Waals surface area contributed by atoms with Gasteiger partial charge in [0.25, 0.3) is 0 Å². The van der Waals surface area contributed by atoms with Crippen LogP contribution in [0.3, 0.4) is 0 Å². The van der Waals surface area contributed by atoms with Gasteiger partial charge in [0.15, 0.2) is 5.96 Å². The molecule has 2 fully saturated rings. The number of hydrogen-bond donors (Lipinski definition) is 1. The van der Waals surface area contributed by atoms with Crippen molar-refractivity contribution in [1.82, 2.24) is 15.1 Å². The van der Waals surface area contributed by atoms with Crippen LogP contribution in [0.1, 0.15) is 46.5 Å². The smallest absolute Gasteiger partial charge is 0.193 e. The molecule has 2 heterocycles.